The molecule has 1 saturated heterocycles. The molecule has 1 aliphatic heterocycles. The molecule has 0 saturated carbocycles. The number of carbonyl (C=O) groups excluding carboxylic acids is 2. The molecule has 0 bridgehead atoms. The second-order valence-electron chi connectivity index (χ2n) is 5.41. The van der Waals surface area contributed by atoms with Crippen LogP contribution in [0.15, 0.2) is 47.4 Å². The van der Waals surface area contributed by atoms with E-state index in [1.54, 1.807) is 12.2 Å². The molecular weight excluding hydrogens is 372 g/mol. The Kier molecular flexibility index (Phi) is 7.55. The summed E-state index contributed by atoms with van der Waals surface area (Å²) in [6, 6.07) is 9.67. The number of hydrogen-bond acceptors (Lipinski definition) is 5. The lowest BCUT2D eigenvalue weighted by Gasteiger charge is -2.13. The minimum atomic E-state index is -0.912. The van der Waals surface area contributed by atoms with Gasteiger partial charge in [-0.1, -0.05) is 66.5 Å². The SMILES string of the molecule is O=C(O)CCCNC(=O)CN1C(=O)/C(=C/C=C/c2ccccc2)SC1=S. The van der Waals surface area contributed by atoms with Crippen molar-refractivity contribution >= 4 is 52.2 Å². The first-order valence-electron chi connectivity index (χ1n) is 7.93. The van der Waals surface area contributed by atoms with Gasteiger partial charge in [-0.3, -0.25) is 19.3 Å². The number of aliphatic carboxylic acids is 1. The van der Waals surface area contributed by atoms with Crippen molar-refractivity contribution in [2.75, 3.05) is 13.1 Å². The van der Waals surface area contributed by atoms with Crippen molar-refractivity contribution in [1.82, 2.24) is 10.2 Å². The number of nitrogens with one attached hydrogen (secondary N) is 1. The zero-order valence-corrected chi connectivity index (χ0v) is 15.5. The van der Waals surface area contributed by atoms with Gasteiger partial charge in [0.2, 0.25) is 5.91 Å². The Morgan fingerprint density at radius 1 is 1.27 bits per heavy atom. The number of benzene rings is 1. The van der Waals surface area contributed by atoms with E-state index in [2.05, 4.69) is 5.32 Å². The molecule has 26 heavy (non-hydrogen) atoms. The van der Waals surface area contributed by atoms with Gasteiger partial charge in [0, 0.05) is 13.0 Å². The van der Waals surface area contributed by atoms with Gasteiger partial charge in [-0.25, -0.2) is 0 Å². The van der Waals surface area contributed by atoms with Gasteiger partial charge in [-0.2, -0.15) is 0 Å². The van der Waals surface area contributed by atoms with Gasteiger partial charge in [-0.05, 0) is 18.1 Å². The predicted octanol–water partition coefficient (Wildman–Crippen LogP) is 2.42. The van der Waals surface area contributed by atoms with Crippen LogP contribution in [0.5, 0.6) is 0 Å². The first-order valence-corrected chi connectivity index (χ1v) is 9.15. The third-order valence-electron chi connectivity index (χ3n) is 3.40. The first-order chi connectivity index (χ1) is 12.5. The van der Waals surface area contributed by atoms with E-state index in [0.717, 1.165) is 17.3 Å². The standard InChI is InChI=1S/C18H18N2O4S2/c21-15(19-11-5-10-16(22)23)12-20-17(24)14(26-18(20)25)9-4-8-13-6-2-1-3-7-13/h1-4,6-9H,5,10-12H2,(H,19,21)(H,22,23)/b8-4+,14-9-. The molecule has 136 valence electrons. The Hall–Kier alpha value is -2.45. The number of rotatable bonds is 8. The number of carbonyl (C=O) groups is 3. The average molecular weight is 390 g/mol. The molecule has 2 N–H and O–H groups in total. The van der Waals surface area contributed by atoms with Crippen LogP contribution in [0, 0.1) is 0 Å². The zero-order valence-electron chi connectivity index (χ0n) is 13.9. The molecular formula is C18H18N2O4S2. The van der Waals surface area contributed by atoms with Gasteiger partial charge in [0.25, 0.3) is 5.91 Å². The fraction of sp³-hybridized carbons (Fsp3) is 0.222. The molecule has 0 atom stereocenters. The molecule has 8 heteroatoms. The van der Waals surface area contributed by atoms with Gasteiger partial charge < -0.3 is 10.4 Å². The molecule has 0 aromatic heterocycles. The normalized spacial score (nSPS) is 15.8. The molecule has 0 radical (unpaired) electrons. The second-order valence-corrected chi connectivity index (χ2v) is 7.08. The van der Waals surface area contributed by atoms with Crippen molar-refractivity contribution in [3.63, 3.8) is 0 Å². The van der Waals surface area contributed by atoms with E-state index in [1.165, 1.54) is 4.90 Å². The van der Waals surface area contributed by atoms with E-state index < -0.39 is 5.97 Å². The number of carboxylic acid groups (broad SMARTS) is 1. The zero-order chi connectivity index (χ0) is 18.9. The van der Waals surface area contributed by atoms with E-state index in [0.29, 0.717) is 15.6 Å². The molecule has 2 rings (SSSR count). The lowest BCUT2D eigenvalue weighted by molar-refractivity contribution is -0.137. The third-order valence-corrected chi connectivity index (χ3v) is 4.80. The summed E-state index contributed by atoms with van der Waals surface area (Å²) in [6.07, 6.45) is 5.65. The van der Waals surface area contributed by atoms with Gasteiger partial charge in [0.15, 0.2) is 0 Å². The van der Waals surface area contributed by atoms with Crippen LogP contribution in [0.1, 0.15) is 18.4 Å². The summed E-state index contributed by atoms with van der Waals surface area (Å²) in [5, 5.41) is 11.1. The van der Waals surface area contributed by atoms with E-state index in [1.807, 2.05) is 36.4 Å². The molecule has 1 fully saturated rings. The minimum absolute atomic E-state index is 0.0160. The average Bonchev–Trinajstić information content (AvgIpc) is 2.87. The summed E-state index contributed by atoms with van der Waals surface area (Å²) in [4.78, 5) is 36.4. The molecule has 6 nitrogen and oxygen atoms in total. The topological polar surface area (TPSA) is 86.7 Å². The van der Waals surface area contributed by atoms with Crippen LogP contribution in [0.25, 0.3) is 6.08 Å². The molecule has 1 aromatic rings. The Balaban J connectivity index is 1.87. The largest absolute Gasteiger partial charge is 0.481 e. The summed E-state index contributed by atoms with van der Waals surface area (Å²) >= 11 is 6.32. The highest BCUT2D eigenvalue weighted by atomic mass is 32.2. The highest BCUT2D eigenvalue weighted by Gasteiger charge is 2.32. The van der Waals surface area contributed by atoms with Crippen molar-refractivity contribution in [1.29, 1.82) is 0 Å². The third kappa shape index (κ3) is 6.12. The Labute approximate surface area is 160 Å². The van der Waals surface area contributed by atoms with Gasteiger partial charge in [-0.15, -0.1) is 0 Å². The fourth-order valence-electron chi connectivity index (χ4n) is 2.13. The van der Waals surface area contributed by atoms with Gasteiger partial charge in [0.05, 0.1) is 4.91 Å². The van der Waals surface area contributed by atoms with Crippen molar-refractivity contribution in [3.8, 4) is 0 Å². The maximum absolute atomic E-state index is 12.4. The predicted molar refractivity (Wildman–Crippen MR) is 105 cm³/mol. The van der Waals surface area contributed by atoms with Crippen LogP contribution in [0.2, 0.25) is 0 Å². The molecule has 0 spiro atoms. The van der Waals surface area contributed by atoms with Crippen molar-refractivity contribution in [3.05, 3.63) is 53.0 Å². The van der Waals surface area contributed by atoms with Crippen LogP contribution >= 0.6 is 24.0 Å². The Morgan fingerprint density at radius 3 is 2.69 bits per heavy atom. The number of thiocarbonyl (C=S) groups is 1. The summed E-state index contributed by atoms with van der Waals surface area (Å²) < 4.78 is 0.329. The highest BCUT2D eigenvalue weighted by Crippen LogP contribution is 2.30. The second kappa shape index (κ2) is 9.88. The van der Waals surface area contributed by atoms with Crippen molar-refractivity contribution < 1.29 is 19.5 Å². The number of nitrogens with zero attached hydrogens (tertiary/aromatic N) is 1. The fourth-order valence-corrected chi connectivity index (χ4v) is 3.33. The molecule has 0 unspecified atom stereocenters. The molecule has 1 aliphatic rings. The number of allylic oxidation sites excluding steroid dienone is 2. The van der Waals surface area contributed by atoms with Crippen LogP contribution in [0.3, 0.4) is 0 Å². The summed E-state index contributed by atoms with van der Waals surface area (Å²) in [6.45, 7) is 0.0764. The number of thioether (sulfide) groups is 1. The van der Waals surface area contributed by atoms with Gasteiger partial charge >= 0.3 is 5.97 Å². The monoisotopic (exact) mass is 390 g/mol. The lowest BCUT2D eigenvalue weighted by atomic mass is 10.2. The van der Waals surface area contributed by atoms with E-state index >= 15 is 0 Å². The van der Waals surface area contributed by atoms with Gasteiger partial charge in [0.1, 0.15) is 10.9 Å². The maximum Gasteiger partial charge on any atom is 0.303 e. The summed E-state index contributed by atoms with van der Waals surface area (Å²) in [7, 11) is 0. The smallest absolute Gasteiger partial charge is 0.303 e. The van der Waals surface area contributed by atoms with Crippen LogP contribution in [0.4, 0.5) is 0 Å². The number of amides is 2. The van der Waals surface area contributed by atoms with Crippen molar-refractivity contribution in [2.24, 2.45) is 0 Å². The van der Waals surface area contributed by atoms with Crippen LogP contribution in [-0.2, 0) is 14.4 Å². The van der Waals surface area contributed by atoms with Crippen LogP contribution < -0.4 is 5.32 Å². The summed E-state index contributed by atoms with van der Waals surface area (Å²) in [5.41, 5.74) is 1.01. The lowest BCUT2D eigenvalue weighted by Crippen LogP contribution is -2.39. The molecule has 1 aromatic carbocycles. The van der Waals surface area contributed by atoms with E-state index in [-0.39, 0.29) is 31.3 Å². The number of hydrogen-bond donors (Lipinski definition) is 2. The van der Waals surface area contributed by atoms with Crippen molar-refractivity contribution in [2.45, 2.75) is 12.8 Å². The molecule has 0 aliphatic carbocycles. The molecule has 1 heterocycles. The highest BCUT2D eigenvalue weighted by molar-refractivity contribution is 8.26. The minimum Gasteiger partial charge on any atom is -0.481 e. The molecule has 2 amide bonds. The quantitative estimate of drug-likeness (QED) is 0.403. The number of carboxylic acids is 1. The first kappa shape index (κ1) is 19.9. The Morgan fingerprint density at radius 2 is 2.00 bits per heavy atom. The van der Waals surface area contributed by atoms with E-state index in [4.69, 9.17) is 17.3 Å². The Bertz CT molecular complexity index is 760. The van der Waals surface area contributed by atoms with Crippen LogP contribution in [-0.4, -0.2) is 45.2 Å². The maximum atomic E-state index is 12.4. The summed E-state index contributed by atoms with van der Waals surface area (Å²) in [5.74, 6) is -1.59. The van der Waals surface area contributed by atoms with E-state index in [9.17, 15) is 14.4 Å².